The van der Waals surface area contributed by atoms with Gasteiger partial charge in [0.1, 0.15) is 12.2 Å². The van der Waals surface area contributed by atoms with E-state index in [1.807, 2.05) is 26.8 Å². The van der Waals surface area contributed by atoms with E-state index < -0.39 is 0 Å². The molecule has 0 aliphatic rings. The summed E-state index contributed by atoms with van der Waals surface area (Å²) in [5.74, 6) is 0.791. The zero-order valence-electron chi connectivity index (χ0n) is 10.9. The lowest BCUT2D eigenvalue weighted by Crippen LogP contribution is -2.21. The monoisotopic (exact) mass is 259 g/mol. The number of rotatable bonds is 2. The van der Waals surface area contributed by atoms with E-state index >= 15 is 0 Å². The first-order chi connectivity index (χ1) is 8.91. The van der Waals surface area contributed by atoms with Crippen molar-refractivity contribution in [1.82, 2.24) is 19.9 Å². The lowest BCUT2D eigenvalue weighted by atomic mass is 9.96. The third-order valence-corrected chi connectivity index (χ3v) is 2.40. The molecule has 0 unspecified atom stereocenters. The molecule has 0 radical (unpaired) electrons. The van der Waals surface area contributed by atoms with Crippen molar-refractivity contribution in [2.75, 3.05) is 0 Å². The molecule has 2 aromatic heterocycles. The van der Waals surface area contributed by atoms with Crippen LogP contribution in [-0.4, -0.2) is 19.9 Å². The van der Waals surface area contributed by atoms with Crippen molar-refractivity contribution in [1.29, 1.82) is 5.26 Å². The van der Waals surface area contributed by atoms with E-state index in [1.54, 1.807) is 0 Å². The summed E-state index contributed by atoms with van der Waals surface area (Å²) < 4.78 is 6.18. The summed E-state index contributed by atoms with van der Waals surface area (Å²) in [6.07, 6.45) is 0. The van der Waals surface area contributed by atoms with Crippen LogP contribution < -0.4 is 5.56 Å². The summed E-state index contributed by atoms with van der Waals surface area (Å²) in [6, 6.07) is 4.68. The number of hydrogen-bond acceptors (Lipinski definition) is 6. The van der Waals surface area contributed by atoms with Crippen molar-refractivity contribution in [3.63, 3.8) is 0 Å². The molecule has 0 amide bonds. The minimum Gasteiger partial charge on any atom is -0.332 e. The van der Waals surface area contributed by atoms with Crippen LogP contribution in [-0.2, 0) is 12.0 Å². The Morgan fingerprint density at radius 2 is 2.16 bits per heavy atom. The highest BCUT2D eigenvalue weighted by Crippen LogP contribution is 2.21. The summed E-state index contributed by atoms with van der Waals surface area (Å²) in [6.45, 7) is 5.77. The number of nitrogens with zero attached hydrogens (tertiary/aromatic N) is 5. The molecular formula is C12H13N5O2. The van der Waals surface area contributed by atoms with Gasteiger partial charge >= 0.3 is 0 Å². The van der Waals surface area contributed by atoms with E-state index in [9.17, 15) is 4.79 Å². The number of nitriles is 1. The largest absolute Gasteiger partial charge is 0.332 e. The van der Waals surface area contributed by atoms with Crippen LogP contribution in [0.5, 0.6) is 0 Å². The van der Waals surface area contributed by atoms with Crippen molar-refractivity contribution in [2.24, 2.45) is 0 Å². The molecule has 0 saturated carbocycles. The second-order valence-electron chi connectivity index (χ2n) is 5.05. The van der Waals surface area contributed by atoms with E-state index in [-0.39, 0.29) is 23.4 Å². The smallest absolute Gasteiger partial charge is 0.278 e. The first-order valence-electron chi connectivity index (χ1n) is 5.71. The normalized spacial score (nSPS) is 11.3. The van der Waals surface area contributed by atoms with Crippen LogP contribution in [0.1, 0.15) is 26.6 Å². The Morgan fingerprint density at radius 1 is 1.42 bits per heavy atom. The van der Waals surface area contributed by atoms with E-state index in [2.05, 4.69) is 15.2 Å². The van der Waals surface area contributed by atoms with Crippen LogP contribution in [0.2, 0.25) is 0 Å². The predicted molar refractivity (Wildman–Crippen MR) is 66.1 cm³/mol. The summed E-state index contributed by atoms with van der Waals surface area (Å²) in [5, 5.41) is 16.5. The van der Waals surface area contributed by atoms with Gasteiger partial charge in [-0.25, -0.2) is 4.68 Å². The number of hydrogen-bond donors (Lipinski definition) is 0. The van der Waals surface area contributed by atoms with Crippen LogP contribution in [0.4, 0.5) is 0 Å². The highest BCUT2D eigenvalue weighted by atomic mass is 16.5. The van der Waals surface area contributed by atoms with Crippen molar-refractivity contribution in [3.05, 3.63) is 28.3 Å². The van der Waals surface area contributed by atoms with Crippen molar-refractivity contribution >= 4 is 0 Å². The molecule has 0 aromatic carbocycles. The first kappa shape index (κ1) is 13.0. The topological polar surface area (TPSA) is 97.6 Å². The molecule has 0 aliphatic heterocycles. The van der Waals surface area contributed by atoms with Gasteiger partial charge in [0, 0.05) is 11.5 Å². The first-order valence-corrected chi connectivity index (χ1v) is 5.71. The molecule has 0 spiro atoms. The van der Waals surface area contributed by atoms with Crippen molar-refractivity contribution in [2.45, 2.75) is 32.7 Å². The molecule has 2 rings (SSSR count). The zero-order valence-corrected chi connectivity index (χ0v) is 10.9. The second kappa shape index (κ2) is 4.65. The molecule has 0 bridgehead atoms. The maximum Gasteiger partial charge on any atom is 0.278 e. The second-order valence-corrected chi connectivity index (χ2v) is 5.05. The Morgan fingerprint density at radius 3 is 2.74 bits per heavy atom. The standard InChI is InChI=1S/C12H13N5O2/c1-12(2,3)11-14-10(19-16-11)8-4-5-9(18)17(15-8)7-6-13/h4-5H,7H2,1-3H3. The van der Waals surface area contributed by atoms with Gasteiger partial charge in [-0.05, 0) is 6.07 Å². The van der Waals surface area contributed by atoms with Crippen LogP contribution in [0.3, 0.4) is 0 Å². The molecular weight excluding hydrogens is 246 g/mol. The Labute approximate surface area is 109 Å². The Balaban J connectivity index is 2.43. The van der Waals surface area contributed by atoms with Gasteiger partial charge in [-0.3, -0.25) is 4.79 Å². The van der Waals surface area contributed by atoms with Crippen LogP contribution in [0.25, 0.3) is 11.6 Å². The fourth-order valence-electron chi connectivity index (χ4n) is 1.38. The third-order valence-electron chi connectivity index (χ3n) is 2.40. The van der Waals surface area contributed by atoms with Gasteiger partial charge in [-0.15, -0.1) is 0 Å². The van der Waals surface area contributed by atoms with Gasteiger partial charge < -0.3 is 4.52 Å². The van der Waals surface area contributed by atoms with Crippen LogP contribution >= 0.6 is 0 Å². The van der Waals surface area contributed by atoms with Crippen LogP contribution in [0.15, 0.2) is 21.5 Å². The Bertz CT molecular complexity index is 687. The summed E-state index contributed by atoms with van der Waals surface area (Å²) in [4.78, 5) is 15.7. The van der Waals surface area contributed by atoms with Gasteiger partial charge in [-0.2, -0.15) is 15.3 Å². The van der Waals surface area contributed by atoms with E-state index in [0.29, 0.717) is 11.5 Å². The summed E-state index contributed by atoms with van der Waals surface area (Å²) in [7, 11) is 0. The third kappa shape index (κ3) is 2.68. The molecule has 2 heterocycles. The molecule has 0 aliphatic carbocycles. The van der Waals surface area contributed by atoms with Gasteiger partial charge in [0.2, 0.25) is 0 Å². The fourth-order valence-corrected chi connectivity index (χ4v) is 1.38. The van der Waals surface area contributed by atoms with Crippen molar-refractivity contribution in [3.8, 4) is 17.7 Å². The Hall–Kier alpha value is -2.49. The van der Waals surface area contributed by atoms with E-state index in [0.717, 1.165) is 4.68 Å². The highest BCUT2D eigenvalue weighted by Gasteiger charge is 2.22. The average Bonchev–Trinajstić information content (AvgIpc) is 2.81. The fraction of sp³-hybridized carbons (Fsp3) is 0.417. The van der Waals surface area contributed by atoms with Gasteiger partial charge in [0.25, 0.3) is 11.4 Å². The SMILES string of the molecule is CC(C)(C)c1noc(-c2ccc(=O)n(CC#N)n2)n1. The Kier molecular flexibility index (Phi) is 3.17. The lowest BCUT2D eigenvalue weighted by Gasteiger charge is -2.10. The zero-order chi connectivity index (χ0) is 14.0. The lowest BCUT2D eigenvalue weighted by molar-refractivity contribution is 0.400. The molecule has 19 heavy (non-hydrogen) atoms. The molecule has 7 nitrogen and oxygen atoms in total. The van der Waals surface area contributed by atoms with E-state index in [4.69, 9.17) is 9.78 Å². The van der Waals surface area contributed by atoms with E-state index in [1.165, 1.54) is 12.1 Å². The molecule has 0 atom stereocenters. The molecule has 0 saturated heterocycles. The van der Waals surface area contributed by atoms with Gasteiger partial charge in [0.05, 0.1) is 6.07 Å². The summed E-state index contributed by atoms with van der Waals surface area (Å²) in [5.41, 5.74) is -0.207. The maximum atomic E-state index is 11.4. The van der Waals surface area contributed by atoms with Crippen LogP contribution in [0, 0.1) is 11.3 Å². The molecule has 7 heteroatoms. The predicted octanol–water partition coefficient (Wildman–Crippen LogP) is 1.11. The summed E-state index contributed by atoms with van der Waals surface area (Å²) >= 11 is 0. The maximum absolute atomic E-state index is 11.4. The molecule has 0 fully saturated rings. The molecule has 2 aromatic rings. The molecule has 0 N–H and O–H groups in total. The van der Waals surface area contributed by atoms with Crippen molar-refractivity contribution < 1.29 is 4.52 Å². The highest BCUT2D eigenvalue weighted by molar-refractivity contribution is 5.44. The average molecular weight is 259 g/mol. The van der Waals surface area contributed by atoms with Gasteiger partial charge in [0.15, 0.2) is 5.82 Å². The quantitative estimate of drug-likeness (QED) is 0.801. The van der Waals surface area contributed by atoms with Gasteiger partial charge in [-0.1, -0.05) is 25.9 Å². The minimum atomic E-state index is -0.346. The number of aromatic nitrogens is 4. The minimum absolute atomic E-state index is 0.118. The molecule has 98 valence electrons.